The van der Waals surface area contributed by atoms with E-state index in [2.05, 4.69) is 0 Å². The molecule has 3 aromatic carbocycles. The zero-order chi connectivity index (χ0) is 25.0. The molecule has 0 N–H and O–H groups in total. The molecule has 1 amide bonds. The number of aryl methyl sites for hydroxylation is 4. The van der Waals surface area contributed by atoms with Crippen LogP contribution in [0.15, 0.2) is 65.6 Å². The highest BCUT2D eigenvalue weighted by atomic mass is 32.2. The van der Waals surface area contributed by atoms with Crippen LogP contribution in [0.2, 0.25) is 0 Å². The SMILES string of the molecule is COc1cccc(N(C)C(=O)CN(Cc2ccc(C)cc2)S(=O)(=O)c2c(C)cc(C)cc2C)c1. The molecule has 0 radical (unpaired) electrons. The third-order valence-electron chi connectivity index (χ3n) is 5.81. The molecule has 0 aliphatic carbocycles. The quantitative estimate of drug-likeness (QED) is 0.465. The van der Waals surface area contributed by atoms with Crippen LogP contribution in [0.3, 0.4) is 0 Å². The summed E-state index contributed by atoms with van der Waals surface area (Å²) in [7, 11) is -0.756. The van der Waals surface area contributed by atoms with E-state index in [0.717, 1.165) is 16.7 Å². The molecule has 0 atom stereocenters. The first-order valence-electron chi connectivity index (χ1n) is 11.1. The maximum atomic E-state index is 13.9. The van der Waals surface area contributed by atoms with Crippen LogP contribution in [-0.4, -0.2) is 39.3 Å². The monoisotopic (exact) mass is 480 g/mol. The second kappa shape index (κ2) is 10.4. The maximum Gasteiger partial charge on any atom is 0.244 e. The second-order valence-corrected chi connectivity index (χ2v) is 10.5. The van der Waals surface area contributed by atoms with E-state index in [9.17, 15) is 13.2 Å². The highest BCUT2D eigenvalue weighted by molar-refractivity contribution is 7.89. The summed E-state index contributed by atoms with van der Waals surface area (Å²) in [5.74, 6) is 0.276. The van der Waals surface area contributed by atoms with Gasteiger partial charge in [0.05, 0.1) is 18.6 Å². The number of carbonyl (C=O) groups is 1. The maximum absolute atomic E-state index is 13.9. The Labute approximate surface area is 202 Å². The first kappa shape index (κ1) is 25.5. The summed E-state index contributed by atoms with van der Waals surface area (Å²) in [5.41, 5.74) is 4.85. The van der Waals surface area contributed by atoms with Gasteiger partial charge in [0.1, 0.15) is 5.75 Å². The fourth-order valence-corrected chi connectivity index (χ4v) is 5.84. The molecule has 0 bridgehead atoms. The molecule has 0 aliphatic rings. The lowest BCUT2D eigenvalue weighted by Crippen LogP contribution is -2.41. The number of hydrogen-bond donors (Lipinski definition) is 0. The molecule has 0 aliphatic heterocycles. The van der Waals surface area contributed by atoms with Crippen molar-refractivity contribution in [2.45, 2.75) is 39.1 Å². The smallest absolute Gasteiger partial charge is 0.244 e. The Morgan fingerprint density at radius 2 is 1.50 bits per heavy atom. The molecule has 0 unspecified atom stereocenters. The molecule has 0 saturated carbocycles. The van der Waals surface area contributed by atoms with Gasteiger partial charge in [-0.05, 0) is 56.5 Å². The third-order valence-corrected chi connectivity index (χ3v) is 7.91. The molecular formula is C27H32N2O4S. The lowest BCUT2D eigenvalue weighted by Gasteiger charge is -2.26. The van der Waals surface area contributed by atoms with Crippen LogP contribution in [0.4, 0.5) is 5.69 Å². The number of nitrogens with zero attached hydrogens (tertiary/aromatic N) is 2. The third kappa shape index (κ3) is 5.66. The van der Waals surface area contributed by atoms with Crippen LogP contribution in [0, 0.1) is 27.7 Å². The van der Waals surface area contributed by atoms with Crippen molar-refractivity contribution >= 4 is 21.6 Å². The predicted octanol–water partition coefficient (Wildman–Crippen LogP) is 4.78. The lowest BCUT2D eigenvalue weighted by atomic mass is 10.1. The summed E-state index contributed by atoms with van der Waals surface area (Å²) in [5, 5.41) is 0. The number of likely N-dealkylation sites (N-methyl/N-ethyl adjacent to an activating group) is 1. The van der Waals surface area contributed by atoms with Crippen molar-refractivity contribution in [3.63, 3.8) is 0 Å². The largest absolute Gasteiger partial charge is 0.497 e. The van der Waals surface area contributed by atoms with Crippen LogP contribution in [-0.2, 0) is 21.4 Å². The molecule has 0 spiro atoms. The Balaban J connectivity index is 2.00. The van der Waals surface area contributed by atoms with Crippen molar-refractivity contribution in [1.29, 1.82) is 0 Å². The van der Waals surface area contributed by atoms with Crippen molar-refractivity contribution in [2.24, 2.45) is 0 Å². The van der Waals surface area contributed by atoms with E-state index >= 15 is 0 Å². The molecule has 0 fully saturated rings. The fraction of sp³-hybridized carbons (Fsp3) is 0.296. The summed E-state index contributed by atoms with van der Waals surface area (Å²) in [6.45, 7) is 7.29. The summed E-state index contributed by atoms with van der Waals surface area (Å²) in [4.78, 5) is 15.0. The molecule has 3 aromatic rings. The fourth-order valence-electron chi connectivity index (χ4n) is 4.05. The van der Waals surface area contributed by atoms with E-state index in [1.807, 2.05) is 50.2 Å². The Hall–Kier alpha value is -3.16. The number of carbonyl (C=O) groups excluding carboxylic acids is 1. The number of benzene rings is 3. The van der Waals surface area contributed by atoms with Crippen molar-refractivity contribution in [3.05, 3.63) is 88.5 Å². The molecule has 6 nitrogen and oxygen atoms in total. The van der Waals surface area contributed by atoms with Crippen LogP contribution in [0.1, 0.15) is 27.8 Å². The van der Waals surface area contributed by atoms with Crippen LogP contribution in [0.25, 0.3) is 0 Å². The molecular weight excluding hydrogens is 448 g/mol. The van der Waals surface area contributed by atoms with Crippen molar-refractivity contribution < 1.29 is 17.9 Å². The van der Waals surface area contributed by atoms with E-state index in [-0.39, 0.29) is 23.9 Å². The number of ether oxygens (including phenoxy) is 1. The zero-order valence-corrected chi connectivity index (χ0v) is 21.4. The van der Waals surface area contributed by atoms with Crippen molar-refractivity contribution in [3.8, 4) is 5.75 Å². The normalized spacial score (nSPS) is 11.5. The first-order chi connectivity index (χ1) is 16.0. The van der Waals surface area contributed by atoms with Gasteiger partial charge in [-0.2, -0.15) is 4.31 Å². The molecule has 0 aromatic heterocycles. The van der Waals surface area contributed by atoms with Crippen LogP contribution in [0.5, 0.6) is 5.75 Å². The molecule has 34 heavy (non-hydrogen) atoms. The Kier molecular flexibility index (Phi) is 7.79. The minimum absolute atomic E-state index is 0.0903. The molecule has 180 valence electrons. The number of rotatable bonds is 8. The van der Waals surface area contributed by atoms with Gasteiger partial charge in [0.15, 0.2) is 0 Å². The summed E-state index contributed by atoms with van der Waals surface area (Å²) in [6.07, 6.45) is 0. The van der Waals surface area contributed by atoms with Gasteiger partial charge in [-0.15, -0.1) is 0 Å². The van der Waals surface area contributed by atoms with Gasteiger partial charge in [0.25, 0.3) is 0 Å². The van der Waals surface area contributed by atoms with Crippen LogP contribution >= 0.6 is 0 Å². The Morgan fingerprint density at radius 1 is 0.882 bits per heavy atom. The standard InChI is InChI=1S/C27H32N2O4S/c1-19-10-12-23(13-11-19)17-29(34(31,32)27-21(3)14-20(2)15-22(27)4)18-26(30)28(5)24-8-7-9-25(16-24)33-6/h7-16H,17-18H2,1-6H3. The molecule has 0 heterocycles. The number of sulfonamides is 1. The van der Waals surface area contributed by atoms with Crippen LogP contribution < -0.4 is 9.64 Å². The Bertz CT molecular complexity index is 1260. The van der Waals surface area contributed by atoms with E-state index in [0.29, 0.717) is 22.6 Å². The lowest BCUT2D eigenvalue weighted by molar-refractivity contribution is -0.118. The summed E-state index contributed by atoms with van der Waals surface area (Å²) >= 11 is 0. The van der Waals surface area contributed by atoms with Gasteiger partial charge in [0.2, 0.25) is 15.9 Å². The van der Waals surface area contributed by atoms with Gasteiger partial charge in [-0.3, -0.25) is 4.79 Å². The van der Waals surface area contributed by atoms with Gasteiger partial charge in [0, 0.05) is 25.3 Å². The van der Waals surface area contributed by atoms with Crippen molar-refractivity contribution in [1.82, 2.24) is 4.31 Å². The summed E-state index contributed by atoms with van der Waals surface area (Å²) in [6, 6.07) is 18.5. The zero-order valence-electron chi connectivity index (χ0n) is 20.6. The highest BCUT2D eigenvalue weighted by Gasteiger charge is 2.31. The predicted molar refractivity (Wildman–Crippen MR) is 136 cm³/mol. The van der Waals surface area contributed by atoms with Gasteiger partial charge >= 0.3 is 0 Å². The topological polar surface area (TPSA) is 66.9 Å². The number of anilines is 1. The van der Waals surface area contributed by atoms with Gasteiger partial charge in [-0.25, -0.2) is 8.42 Å². The average molecular weight is 481 g/mol. The second-order valence-electron chi connectivity index (χ2n) is 8.64. The highest BCUT2D eigenvalue weighted by Crippen LogP contribution is 2.27. The number of amides is 1. The molecule has 0 saturated heterocycles. The summed E-state index contributed by atoms with van der Waals surface area (Å²) < 4.78 is 34.3. The number of hydrogen-bond acceptors (Lipinski definition) is 4. The van der Waals surface area contributed by atoms with E-state index in [1.54, 1.807) is 52.3 Å². The Morgan fingerprint density at radius 3 is 2.09 bits per heavy atom. The molecule has 3 rings (SSSR count). The average Bonchev–Trinajstić information content (AvgIpc) is 2.78. The van der Waals surface area contributed by atoms with E-state index in [4.69, 9.17) is 4.74 Å². The minimum Gasteiger partial charge on any atom is -0.497 e. The van der Waals surface area contributed by atoms with E-state index < -0.39 is 10.0 Å². The first-order valence-corrected chi connectivity index (χ1v) is 12.5. The van der Waals surface area contributed by atoms with E-state index in [1.165, 1.54) is 9.21 Å². The minimum atomic E-state index is -3.95. The number of methoxy groups -OCH3 is 1. The van der Waals surface area contributed by atoms with Gasteiger partial charge in [-0.1, -0.05) is 53.6 Å². The van der Waals surface area contributed by atoms with Crippen molar-refractivity contribution in [2.75, 3.05) is 25.6 Å². The molecule has 7 heteroatoms. The van der Waals surface area contributed by atoms with Gasteiger partial charge < -0.3 is 9.64 Å².